The summed E-state index contributed by atoms with van der Waals surface area (Å²) in [5.41, 5.74) is 1.32. The molecule has 0 spiro atoms. The Bertz CT molecular complexity index is 1460. The van der Waals surface area contributed by atoms with E-state index in [0.717, 1.165) is 42.0 Å². The smallest absolute Gasteiger partial charge is 0.264 e. The van der Waals surface area contributed by atoms with Crippen molar-refractivity contribution < 1.29 is 22.7 Å². The van der Waals surface area contributed by atoms with Crippen LogP contribution in [0.1, 0.15) is 57.9 Å². The van der Waals surface area contributed by atoms with Crippen LogP contribution < -0.4 is 14.4 Å². The minimum atomic E-state index is -4.18. The first kappa shape index (κ1) is 33.3. The number of hydrogen-bond acceptors (Lipinski definition) is 5. The van der Waals surface area contributed by atoms with Crippen molar-refractivity contribution in [2.45, 2.75) is 75.8 Å². The first-order chi connectivity index (χ1) is 21.2. The number of nitrogens with one attached hydrogen (secondary N) is 1. The van der Waals surface area contributed by atoms with Gasteiger partial charge < -0.3 is 15.0 Å². The summed E-state index contributed by atoms with van der Waals surface area (Å²) >= 11 is 6.05. The predicted octanol–water partition coefficient (Wildman–Crippen LogP) is 6.23. The van der Waals surface area contributed by atoms with Gasteiger partial charge in [-0.25, -0.2) is 8.42 Å². The second-order valence-corrected chi connectivity index (χ2v) is 13.3. The average molecular weight is 640 g/mol. The third-order valence-corrected chi connectivity index (χ3v) is 9.98. The van der Waals surface area contributed by atoms with Gasteiger partial charge in [0.2, 0.25) is 11.8 Å². The molecule has 1 atom stereocenters. The van der Waals surface area contributed by atoms with Gasteiger partial charge in [-0.05, 0) is 86.7 Å². The molecule has 0 bridgehead atoms. The highest BCUT2D eigenvalue weighted by atomic mass is 35.5. The third kappa shape index (κ3) is 8.76. The highest BCUT2D eigenvalue weighted by molar-refractivity contribution is 7.92. The molecule has 236 valence electrons. The number of halogens is 1. The van der Waals surface area contributed by atoms with Crippen molar-refractivity contribution in [1.29, 1.82) is 0 Å². The molecule has 2 amide bonds. The lowest BCUT2D eigenvalue weighted by molar-refractivity contribution is -0.140. The van der Waals surface area contributed by atoms with Crippen LogP contribution in [0.15, 0.2) is 83.8 Å². The molecule has 0 saturated heterocycles. The molecule has 3 aromatic rings. The van der Waals surface area contributed by atoms with Crippen LogP contribution in [-0.2, 0) is 26.0 Å². The van der Waals surface area contributed by atoms with Gasteiger partial charge in [0.05, 0.1) is 17.2 Å². The Balaban J connectivity index is 1.67. The maximum atomic E-state index is 14.2. The van der Waals surface area contributed by atoms with Gasteiger partial charge in [-0.3, -0.25) is 13.9 Å². The number of rotatable bonds is 14. The largest absolute Gasteiger partial charge is 0.494 e. The van der Waals surface area contributed by atoms with E-state index in [1.807, 2.05) is 44.2 Å². The number of ether oxygens (including phenoxy) is 1. The van der Waals surface area contributed by atoms with Crippen LogP contribution in [0.2, 0.25) is 5.02 Å². The highest BCUT2D eigenvalue weighted by Crippen LogP contribution is 2.27. The van der Waals surface area contributed by atoms with Crippen LogP contribution >= 0.6 is 11.6 Å². The molecular weight excluding hydrogens is 598 g/mol. The molecule has 1 aliphatic carbocycles. The predicted molar refractivity (Wildman–Crippen MR) is 175 cm³/mol. The van der Waals surface area contributed by atoms with Crippen LogP contribution in [0.25, 0.3) is 0 Å². The van der Waals surface area contributed by atoms with E-state index in [-0.39, 0.29) is 23.4 Å². The van der Waals surface area contributed by atoms with E-state index < -0.39 is 28.5 Å². The van der Waals surface area contributed by atoms with Crippen LogP contribution in [0.4, 0.5) is 5.69 Å². The molecule has 0 radical (unpaired) electrons. The number of sulfonamides is 1. The summed E-state index contributed by atoms with van der Waals surface area (Å²) in [6, 6.07) is 21.5. The molecular formula is C34H42ClN3O5S. The fraction of sp³-hybridized carbons (Fsp3) is 0.412. The summed E-state index contributed by atoms with van der Waals surface area (Å²) in [6.45, 7) is 3.98. The number of carbonyl (C=O) groups excluding carboxylic acids is 2. The Kier molecular flexibility index (Phi) is 12.1. The first-order valence-corrected chi connectivity index (χ1v) is 17.2. The normalized spacial score (nSPS) is 14.4. The molecule has 0 unspecified atom stereocenters. The fourth-order valence-electron chi connectivity index (χ4n) is 5.58. The molecule has 3 aromatic carbocycles. The number of nitrogens with zero attached hydrogens (tertiary/aromatic N) is 2. The number of benzene rings is 3. The molecule has 10 heteroatoms. The molecule has 44 heavy (non-hydrogen) atoms. The van der Waals surface area contributed by atoms with Gasteiger partial charge in [-0.1, -0.05) is 68.1 Å². The molecule has 1 aliphatic rings. The summed E-state index contributed by atoms with van der Waals surface area (Å²) in [5.74, 6) is -0.0756. The van der Waals surface area contributed by atoms with Gasteiger partial charge in [0, 0.05) is 17.6 Å². The number of amides is 2. The minimum Gasteiger partial charge on any atom is -0.494 e. The Morgan fingerprint density at radius 1 is 0.932 bits per heavy atom. The minimum absolute atomic E-state index is 0.00139. The van der Waals surface area contributed by atoms with E-state index in [2.05, 4.69) is 5.32 Å². The van der Waals surface area contributed by atoms with Gasteiger partial charge >= 0.3 is 0 Å². The lowest BCUT2D eigenvalue weighted by Crippen LogP contribution is -2.54. The zero-order chi connectivity index (χ0) is 31.5. The second kappa shape index (κ2) is 16.0. The molecule has 4 rings (SSSR count). The standard InChI is InChI=1S/C34H42ClN3O5S/c1-3-32(34(40)36-28-13-9-6-10-14-28)37(24-23-26-11-7-5-8-12-26)33(39)25-38(29-17-19-30(20-18-29)43-4-2)44(41,42)31-21-15-27(35)16-22-31/h5,7-8,11-12,15-22,28,32H,3-4,6,9-10,13-14,23-25H2,1-2H3,(H,36,40)/t32-/m1/s1. The summed E-state index contributed by atoms with van der Waals surface area (Å²) in [4.78, 5) is 29.4. The van der Waals surface area contributed by atoms with Gasteiger partial charge in [-0.2, -0.15) is 0 Å². The van der Waals surface area contributed by atoms with E-state index in [4.69, 9.17) is 16.3 Å². The molecule has 1 saturated carbocycles. The van der Waals surface area contributed by atoms with E-state index in [1.54, 1.807) is 29.2 Å². The van der Waals surface area contributed by atoms with Crippen molar-refractivity contribution >= 4 is 39.1 Å². The molecule has 1 N–H and O–H groups in total. The molecule has 0 aromatic heterocycles. The summed E-state index contributed by atoms with van der Waals surface area (Å²) in [5, 5.41) is 3.57. The van der Waals surface area contributed by atoms with Crippen molar-refractivity contribution in [1.82, 2.24) is 10.2 Å². The van der Waals surface area contributed by atoms with Crippen LogP contribution in [0, 0.1) is 0 Å². The topological polar surface area (TPSA) is 96.0 Å². The van der Waals surface area contributed by atoms with Gasteiger partial charge in [-0.15, -0.1) is 0 Å². The lowest BCUT2D eigenvalue weighted by atomic mass is 9.95. The maximum absolute atomic E-state index is 14.2. The maximum Gasteiger partial charge on any atom is 0.264 e. The van der Waals surface area contributed by atoms with E-state index >= 15 is 0 Å². The van der Waals surface area contributed by atoms with E-state index in [1.165, 1.54) is 24.3 Å². The number of carbonyl (C=O) groups is 2. The summed E-state index contributed by atoms with van der Waals surface area (Å²) in [6.07, 6.45) is 6.06. The van der Waals surface area contributed by atoms with Crippen LogP contribution in [0.3, 0.4) is 0 Å². The van der Waals surface area contributed by atoms with Crippen LogP contribution in [-0.4, -0.2) is 56.9 Å². The van der Waals surface area contributed by atoms with Gasteiger partial charge in [0.15, 0.2) is 0 Å². The Morgan fingerprint density at radius 2 is 1.59 bits per heavy atom. The van der Waals surface area contributed by atoms with E-state index in [0.29, 0.717) is 35.9 Å². The van der Waals surface area contributed by atoms with Gasteiger partial charge in [0.1, 0.15) is 18.3 Å². The zero-order valence-corrected chi connectivity index (χ0v) is 27.0. The fourth-order valence-corrected chi connectivity index (χ4v) is 7.12. The molecule has 0 aliphatic heterocycles. The van der Waals surface area contributed by atoms with Crippen molar-refractivity contribution in [3.63, 3.8) is 0 Å². The van der Waals surface area contributed by atoms with E-state index in [9.17, 15) is 18.0 Å². The number of hydrogen-bond donors (Lipinski definition) is 1. The first-order valence-electron chi connectivity index (χ1n) is 15.4. The van der Waals surface area contributed by atoms with Crippen molar-refractivity contribution in [3.05, 3.63) is 89.4 Å². The summed E-state index contributed by atoms with van der Waals surface area (Å²) < 4.78 is 34.7. The average Bonchev–Trinajstić information content (AvgIpc) is 3.03. The quantitative estimate of drug-likeness (QED) is 0.226. The van der Waals surface area contributed by atoms with Crippen LogP contribution in [0.5, 0.6) is 5.75 Å². The van der Waals surface area contributed by atoms with Gasteiger partial charge in [0.25, 0.3) is 10.0 Å². The Labute approximate surface area is 266 Å². The third-order valence-electron chi connectivity index (χ3n) is 7.94. The number of anilines is 1. The second-order valence-electron chi connectivity index (χ2n) is 11.0. The van der Waals surface area contributed by atoms with Crippen molar-refractivity contribution in [3.8, 4) is 5.75 Å². The molecule has 1 fully saturated rings. The molecule has 8 nitrogen and oxygen atoms in total. The lowest BCUT2D eigenvalue weighted by Gasteiger charge is -2.34. The molecule has 0 heterocycles. The van der Waals surface area contributed by atoms with Crippen molar-refractivity contribution in [2.24, 2.45) is 0 Å². The zero-order valence-electron chi connectivity index (χ0n) is 25.5. The summed E-state index contributed by atoms with van der Waals surface area (Å²) in [7, 11) is -4.18. The highest BCUT2D eigenvalue weighted by Gasteiger charge is 2.34. The SMILES string of the molecule is CCOc1ccc(N(CC(=O)N(CCc2ccccc2)[C@H](CC)C(=O)NC2CCCCC2)S(=O)(=O)c2ccc(Cl)cc2)cc1. The Morgan fingerprint density at radius 3 is 2.20 bits per heavy atom. The monoisotopic (exact) mass is 639 g/mol. The Hall–Kier alpha value is -3.56. The van der Waals surface area contributed by atoms with Crippen molar-refractivity contribution in [2.75, 3.05) is 24.0 Å².